The van der Waals surface area contributed by atoms with E-state index >= 15 is 0 Å². The van der Waals surface area contributed by atoms with Crippen LogP contribution in [-0.4, -0.2) is 12.1 Å². The molecule has 2 nitrogen and oxygen atoms in total. The largest absolute Gasteiger partial charge is 0.338 e. The van der Waals surface area contributed by atoms with Gasteiger partial charge in [-0.05, 0) is 62.1 Å². The average Bonchev–Trinajstić information content (AvgIpc) is 2.75. The van der Waals surface area contributed by atoms with E-state index in [0.717, 1.165) is 17.3 Å². The molecule has 0 amide bonds. The third kappa shape index (κ3) is 2.85. The van der Waals surface area contributed by atoms with Crippen molar-refractivity contribution >= 4 is 27.3 Å². The molecule has 3 rings (SSSR count). The molecule has 1 aliphatic heterocycles. The smallest absolute Gasteiger partial charge is 0.0447 e. The molecule has 0 bridgehead atoms. The van der Waals surface area contributed by atoms with Crippen LogP contribution in [0.5, 0.6) is 0 Å². The first-order chi connectivity index (χ1) is 10.1. The van der Waals surface area contributed by atoms with Gasteiger partial charge in [-0.25, -0.2) is 0 Å². The summed E-state index contributed by atoms with van der Waals surface area (Å²) in [4.78, 5) is 2.46. The summed E-state index contributed by atoms with van der Waals surface area (Å²) in [5.41, 5.74) is 11.4. The minimum Gasteiger partial charge on any atom is -0.338 e. The van der Waals surface area contributed by atoms with Crippen LogP contribution in [-0.2, 0) is 12.8 Å². The third-order valence-electron chi connectivity index (χ3n) is 4.05. The van der Waals surface area contributed by atoms with Gasteiger partial charge in [0.05, 0.1) is 0 Å². The van der Waals surface area contributed by atoms with Gasteiger partial charge in [-0.1, -0.05) is 34.1 Å². The minimum absolute atomic E-state index is 0.159. The van der Waals surface area contributed by atoms with Crippen LogP contribution in [0.25, 0.3) is 0 Å². The molecule has 0 aliphatic carbocycles. The maximum absolute atomic E-state index is 6.04. The molecule has 1 heterocycles. The Hall–Kier alpha value is -1.32. The number of para-hydroxylation sites is 1. The predicted molar refractivity (Wildman–Crippen MR) is 93.2 cm³/mol. The molecule has 0 saturated carbocycles. The number of fused-ring (bicyclic) bond motifs is 1. The second kappa shape index (κ2) is 5.82. The molecule has 0 radical (unpaired) electrons. The number of rotatable bonds is 3. The van der Waals surface area contributed by atoms with Gasteiger partial charge in [0.1, 0.15) is 0 Å². The fraction of sp³-hybridized carbons (Fsp3) is 0.333. The first kappa shape index (κ1) is 14.6. The highest BCUT2D eigenvalue weighted by Crippen LogP contribution is 2.40. The molecule has 2 N–H and O–H groups in total. The standard InChI is InChI=1S/C18H21BrN2/c1-12(20)9-15-11-16(19)7-8-18(15)21-13(2)10-14-5-3-4-6-17(14)21/h3-8,11-13H,9-10,20H2,1-2H3. The zero-order chi connectivity index (χ0) is 15.0. The molecule has 2 aromatic rings. The first-order valence-electron chi connectivity index (χ1n) is 7.47. The molecule has 110 valence electrons. The lowest BCUT2D eigenvalue weighted by Gasteiger charge is -2.28. The normalized spacial score (nSPS) is 18.7. The molecule has 0 aromatic heterocycles. The highest BCUT2D eigenvalue weighted by molar-refractivity contribution is 9.10. The van der Waals surface area contributed by atoms with Crippen LogP contribution in [0.4, 0.5) is 11.4 Å². The van der Waals surface area contributed by atoms with E-state index in [-0.39, 0.29) is 6.04 Å². The van der Waals surface area contributed by atoms with Crippen molar-refractivity contribution < 1.29 is 0 Å². The summed E-state index contributed by atoms with van der Waals surface area (Å²) in [7, 11) is 0. The summed E-state index contributed by atoms with van der Waals surface area (Å²) in [5.74, 6) is 0. The van der Waals surface area contributed by atoms with E-state index in [4.69, 9.17) is 5.73 Å². The van der Waals surface area contributed by atoms with Crippen molar-refractivity contribution in [3.63, 3.8) is 0 Å². The number of anilines is 2. The Morgan fingerprint density at radius 3 is 2.76 bits per heavy atom. The molecular weight excluding hydrogens is 324 g/mol. The first-order valence-corrected chi connectivity index (χ1v) is 8.26. The van der Waals surface area contributed by atoms with Crippen molar-refractivity contribution in [1.82, 2.24) is 0 Å². The van der Waals surface area contributed by atoms with Crippen molar-refractivity contribution in [2.75, 3.05) is 4.90 Å². The molecule has 0 saturated heterocycles. The zero-order valence-electron chi connectivity index (χ0n) is 12.5. The number of benzene rings is 2. The van der Waals surface area contributed by atoms with Crippen molar-refractivity contribution in [3.8, 4) is 0 Å². The number of hydrogen-bond donors (Lipinski definition) is 1. The lowest BCUT2D eigenvalue weighted by atomic mass is 10.0. The van der Waals surface area contributed by atoms with Gasteiger partial charge < -0.3 is 10.6 Å². The molecule has 2 aromatic carbocycles. The summed E-state index contributed by atoms with van der Waals surface area (Å²) >= 11 is 3.58. The Bertz CT molecular complexity index is 651. The van der Waals surface area contributed by atoms with Crippen LogP contribution in [0.15, 0.2) is 46.9 Å². The quantitative estimate of drug-likeness (QED) is 0.892. The molecule has 0 spiro atoms. The van der Waals surface area contributed by atoms with Crippen LogP contribution >= 0.6 is 15.9 Å². The second-order valence-electron chi connectivity index (χ2n) is 6.01. The van der Waals surface area contributed by atoms with Gasteiger partial charge in [0.2, 0.25) is 0 Å². The maximum atomic E-state index is 6.04. The fourth-order valence-corrected chi connectivity index (χ4v) is 3.64. The van der Waals surface area contributed by atoms with Gasteiger partial charge in [0.25, 0.3) is 0 Å². The number of halogens is 1. The van der Waals surface area contributed by atoms with Crippen molar-refractivity contribution in [3.05, 3.63) is 58.1 Å². The molecule has 1 aliphatic rings. The lowest BCUT2D eigenvalue weighted by molar-refractivity contribution is 0.722. The zero-order valence-corrected chi connectivity index (χ0v) is 14.1. The van der Waals surface area contributed by atoms with Crippen molar-refractivity contribution in [1.29, 1.82) is 0 Å². The summed E-state index contributed by atoms with van der Waals surface area (Å²) < 4.78 is 1.11. The van der Waals surface area contributed by atoms with Gasteiger partial charge >= 0.3 is 0 Å². The highest BCUT2D eigenvalue weighted by Gasteiger charge is 2.28. The maximum Gasteiger partial charge on any atom is 0.0447 e. The predicted octanol–water partition coefficient (Wildman–Crippen LogP) is 4.42. The Labute approximate surface area is 135 Å². The van der Waals surface area contributed by atoms with E-state index in [2.05, 4.69) is 77.1 Å². The molecule has 3 heteroatoms. The van der Waals surface area contributed by atoms with Gasteiger partial charge in [-0.15, -0.1) is 0 Å². The van der Waals surface area contributed by atoms with E-state index < -0.39 is 0 Å². The Morgan fingerprint density at radius 2 is 2.00 bits per heavy atom. The fourth-order valence-electron chi connectivity index (χ4n) is 3.23. The molecule has 2 unspecified atom stereocenters. The van der Waals surface area contributed by atoms with Gasteiger partial charge in [-0.2, -0.15) is 0 Å². The Balaban J connectivity index is 2.08. The summed E-state index contributed by atoms with van der Waals surface area (Å²) in [6.07, 6.45) is 1.99. The van der Waals surface area contributed by atoms with Crippen LogP contribution in [0.3, 0.4) is 0 Å². The summed E-state index contributed by atoms with van der Waals surface area (Å²) in [5, 5.41) is 0. The van der Waals surface area contributed by atoms with Gasteiger partial charge in [-0.3, -0.25) is 0 Å². The van der Waals surface area contributed by atoms with Crippen molar-refractivity contribution in [2.24, 2.45) is 5.73 Å². The van der Waals surface area contributed by atoms with E-state index in [1.807, 2.05) is 0 Å². The van der Waals surface area contributed by atoms with Crippen LogP contribution < -0.4 is 10.6 Å². The lowest BCUT2D eigenvalue weighted by Crippen LogP contribution is -2.26. The Kier molecular flexibility index (Phi) is 4.05. The number of nitrogens with two attached hydrogens (primary N) is 1. The van der Waals surface area contributed by atoms with Gasteiger partial charge in [0.15, 0.2) is 0 Å². The van der Waals surface area contributed by atoms with Crippen LogP contribution in [0.2, 0.25) is 0 Å². The van der Waals surface area contributed by atoms with E-state index in [1.165, 1.54) is 22.5 Å². The molecular formula is C18H21BrN2. The van der Waals surface area contributed by atoms with Gasteiger partial charge in [0, 0.05) is 27.9 Å². The van der Waals surface area contributed by atoms with E-state index in [9.17, 15) is 0 Å². The SMILES string of the molecule is CC(N)Cc1cc(Br)ccc1N1c2ccccc2CC1C. The highest BCUT2D eigenvalue weighted by atomic mass is 79.9. The van der Waals surface area contributed by atoms with E-state index in [1.54, 1.807) is 0 Å². The topological polar surface area (TPSA) is 29.3 Å². The van der Waals surface area contributed by atoms with Crippen LogP contribution in [0.1, 0.15) is 25.0 Å². The third-order valence-corrected chi connectivity index (χ3v) is 4.54. The van der Waals surface area contributed by atoms with Crippen molar-refractivity contribution in [2.45, 2.75) is 38.8 Å². The summed E-state index contributed by atoms with van der Waals surface area (Å²) in [6, 6.07) is 15.9. The van der Waals surface area contributed by atoms with E-state index in [0.29, 0.717) is 6.04 Å². The molecule has 0 fully saturated rings. The Morgan fingerprint density at radius 1 is 1.24 bits per heavy atom. The minimum atomic E-state index is 0.159. The average molecular weight is 345 g/mol. The molecule has 21 heavy (non-hydrogen) atoms. The number of nitrogens with zero attached hydrogens (tertiary/aromatic N) is 1. The summed E-state index contributed by atoms with van der Waals surface area (Å²) in [6.45, 7) is 4.35. The van der Waals surface area contributed by atoms with Crippen LogP contribution in [0, 0.1) is 0 Å². The second-order valence-corrected chi connectivity index (χ2v) is 6.92. The number of hydrogen-bond acceptors (Lipinski definition) is 2. The molecule has 2 atom stereocenters. The monoisotopic (exact) mass is 344 g/mol.